The van der Waals surface area contributed by atoms with E-state index in [0.29, 0.717) is 4.34 Å². The lowest BCUT2D eigenvalue weighted by Gasteiger charge is -2.10. The number of carbonyl (C=O) groups is 3. The molecular weight excluding hydrogens is 287 g/mol. The number of urea groups is 1. The second-order valence-electron chi connectivity index (χ2n) is 3.30. The predicted octanol–water partition coefficient (Wildman–Crippen LogP) is 1.79. The minimum Gasteiger partial charge on any atom is -0.329 e. The SMILES string of the molecule is O=C(CN1C(=O)CNC1=O)c1cc(Cl)sc1Cl. The monoisotopic (exact) mass is 292 g/mol. The highest BCUT2D eigenvalue weighted by atomic mass is 35.5. The van der Waals surface area contributed by atoms with E-state index >= 15 is 0 Å². The third-order valence-electron chi connectivity index (χ3n) is 2.20. The fourth-order valence-corrected chi connectivity index (χ4v) is 2.87. The lowest BCUT2D eigenvalue weighted by Crippen LogP contribution is -2.35. The number of ketones is 1. The molecule has 5 nitrogen and oxygen atoms in total. The van der Waals surface area contributed by atoms with Gasteiger partial charge in [-0.05, 0) is 6.07 Å². The van der Waals surface area contributed by atoms with Crippen molar-refractivity contribution in [1.29, 1.82) is 0 Å². The van der Waals surface area contributed by atoms with Crippen molar-refractivity contribution >= 4 is 52.3 Å². The van der Waals surface area contributed by atoms with Gasteiger partial charge in [-0.3, -0.25) is 14.5 Å². The van der Waals surface area contributed by atoms with E-state index in [1.807, 2.05) is 0 Å². The van der Waals surface area contributed by atoms with E-state index in [0.717, 1.165) is 16.2 Å². The summed E-state index contributed by atoms with van der Waals surface area (Å²) in [6.45, 7) is -0.401. The minimum atomic E-state index is -0.569. The molecule has 90 valence electrons. The Bertz CT molecular complexity index is 498. The Morgan fingerprint density at radius 2 is 2.18 bits per heavy atom. The summed E-state index contributed by atoms with van der Waals surface area (Å²) < 4.78 is 0.641. The highest BCUT2D eigenvalue weighted by molar-refractivity contribution is 7.20. The van der Waals surface area contributed by atoms with E-state index in [1.54, 1.807) is 0 Å². The van der Waals surface area contributed by atoms with Gasteiger partial charge in [-0.2, -0.15) is 0 Å². The van der Waals surface area contributed by atoms with Gasteiger partial charge in [0.05, 0.1) is 23.0 Å². The molecule has 2 heterocycles. The van der Waals surface area contributed by atoms with Gasteiger partial charge in [0, 0.05) is 0 Å². The molecule has 0 aromatic carbocycles. The summed E-state index contributed by atoms with van der Waals surface area (Å²) >= 11 is 12.6. The molecule has 1 fully saturated rings. The van der Waals surface area contributed by atoms with E-state index in [4.69, 9.17) is 23.2 Å². The molecule has 1 aromatic heterocycles. The Hall–Kier alpha value is -1.11. The van der Waals surface area contributed by atoms with Crippen molar-refractivity contribution in [1.82, 2.24) is 10.2 Å². The molecule has 0 bridgehead atoms. The second-order valence-corrected chi connectivity index (χ2v) is 5.59. The van der Waals surface area contributed by atoms with Crippen LogP contribution in [0.1, 0.15) is 10.4 Å². The van der Waals surface area contributed by atoms with Crippen LogP contribution < -0.4 is 5.32 Å². The molecule has 17 heavy (non-hydrogen) atoms. The molecule has 1 aliphatic heterocycles. The van der Waals surface area contributed by atoms with E-state index in [2.05, 4.69) is 5.32 Å². The lowest BCUT2D eigenvalue weighted by atomic mass is 10.2. The van der Waals surface area contributed by atoms with Crippen molar-refractivity contribution in [3.8, 4) is 0 Å². The summed E-state index contributed by atoms with van der Waals surface area (Å²) in [5.74, 6) is -0.843. The molecule has 1 aromatic rings. The van der Waals surface area contributed by atoms with Gasteiger partial charge in [0.2, 0.25) is 5.91 Å². The molecule has 3 amide bonds. The first-order valence-corrected chi connectivity index (χ1v) is 6.12. The molecule has 1 saturated heterocycles. The van der Waals surface area contributed by atoms with Gasteiger partial charge in [-0.15, -0.1) is 11.3 Å². The quantitative estimate of drug-likeness (QED) is 0.682. The van der Waals surface area contributed by atoms with E-state index in [9.17, 15) is 14.4 Å². The van der Waals surface area contributed by atoms with Crippen LogP contribution in [0.3, 0.4) is 0 Å². The molecule has 2 rings (SSSR count). The molecular formula is C9H6Cl2N2O3S. The predicted molar refractivity (Wildman–Crippen MR) is 63.8 cm³/mol. The number of thiophene rings is 1. The fourth-order valence-electron chi connectivity index (χ4n) is 1.37. The average Bonchev–Trinajstić information content (AvgIpc) is 2.74. The number of nitrogens with zero attached hydrogens (tertiary/aromatic N) is 1. The maximum absolute atomic E-state index is 11.8. The molecule has 0 spiro atoms. The largest absolute Gasteiger partial charge is 0.329 e. The van der Waals surface area contributed by atoms with Crippen LogP contribution in [0.2, 0.25) is 8.67 Å². The molecule has 0 aliphatic carbocycles. The van der Waals surface area contributed by atoms with Gasteiger partial charge in [0.1, 0.15) is 4.34 Å². The van der Waals surface area contributed by atoms with E-state index in [-0.39, 0.29) is 23.0 Å². The standard InChI is InChI=1S/C9H6Cl2N2O3S/c10-6-1-4(8(11)17-6)5(14)3-13-7(15)2-12-9(13)16/h1H,2-3H2,(H,12,16). The maximum atomic E-state index is 11.8. The number of hydrogen-bond acceptors (Lipinski definition) is 4. The summed E-state index contributed by atoms with van der Waals surface area (Å²) in [5.41, 5.74) is 0.231. The number of rotatable bonds is 3. The summed E-state index contributed by atoms with van der Waals surface area (Å²) in [6.07, 6.45) is 0. The zero-order valence-corrected chi connectivity index (χ0v) is 10.7. The third kappa shape index (κ3) is 2.43. The van der Waals surface area contributed by atoms with Gasteiger partial charge in [-0.1, -0.05) is 23.2 Å². The van der Waals surface area contributed by atoms with Crippen LogP contribution in [0.5, 0.6) is 0 Å². The van der Waals surface area contributed by atoms with Crippen LogP contribution in [0, 0.1) is 0 Å². The topological polar surface area (TPSA) is 66.5 Å². The van der Waals surface area contributed by atoms with Crippen LogP contribution in [-0.2, 0) is 4.79 Å². The zero-order valence-electron chi connectivity index (χ0n) is 8.33. The van der Waals surface area contributed by atoms with Crippen LogP contribution in [0.15, 0.2) is 6.07 Å². The van der Waals surface area contributed by atoms with Crippen LogP contribution in [0.4, 0.5) is 4.79 Å². The maximum Gasteiger partial charge on any atom is 0.325 e. The number of amides is 3. The average molecular weight is 293 g/mol. The fraction of sp³-hybridized carbons (Fsp3) is 0.222. The first-order chi connectivity index (χ1) is 7.99. The third-order valence-corrected chi connectivity index (χ3v) is 3.68. The Morgan fingerprint density at radius 3 is 2.65 bits per heavy atom. The highest BCUT2D eigenvalue weighted by Crippen LogP contribution is 2.31. The van der Waals surface area contributed by atoms with Crippen molar-refractivity contribution in [2.45, 2.75) is 0 Å². The van der Waals surface area contributed by atoms with Crippen molar-refractivity contribution < 1.29 is 14.4 Å². The number of nitrogens with one attached hydrogen (secondary N) is 1. The smallest absolute Gasteiger partial charge is 0.325 e. The van der Waals surface area contributed by atoms with Gasteiger partial charge in [-0.25, -0.2) is 4.79 Å². The lowest BCUT2D eigenvalue weighted by molar-refractivity contribution is -0.124. The first kappa shape index (κ1) is 12.3. The first-order valence-electron chi connectivity index (χ1n) is 4.55. The second kappa shape index (κ2) is 4.64. The molecule has 8 heteroatoms. The minimum absolute atomic E-state index is 0.0791. The number of Topliss-reactive ketones (excluding diaryl/α,β-unsaturated/α-hetero) is 1. The van der Waals surface area contributed by atoms with E-state index in [1.165, 1.54) is 6.07 Å². The van der Waals surface area contributed by atoms with Crippen molar-refractivity contribution in [2.24, 2.45) is 0 Å². The van der Waals surface area contributed by atoms with Crippen LogP contribution in [0.25, 0.3) is 0 Å². The molecule has 0 radical (unpaired) electrons. The number of imide groups is 1. The van der Waals surface area contributed by atoms with Gasteiger partial charge in [0.25, 0.3) is 0 Å². The highest BCUT2D eigenvalue weighted by Gasteiger charge is 2.31. The van der Waals surface area contributed by atoms with Crippen LogP contribution >= 0.6 is 34.5 Å². The van der Waals surface area contributed by atoms with Crippen molar-refractivity contribution in [2.75, 3.05) is 13.1 Å². The summed E-state index contributed by atoms with van der Waals surface area (Å²) in [7, 11) is 0. The number of halogens is 2. The molecule has 0 atom stereocenters. The van der Waals surface area contributed by atoms with Crippen molar-refractivity contribution in [3.63, 3.8) is 0 Å². The Labute approximate surface area is 110 Å². The zero-order chi connectivity index (χ0) is 12.6. The van der Waals surface area contributed by atoms with Gasteiger partial charge < -0.3 is 5.32 Å². The molecule has 1 aliphatic rings. The molecule has 0 unspecified atom stereocenters. The van der Waals surface area contributed by atoms with E-state index < -0.39 is 17.7 Å². The number of carbonyl (C=O) groups excluding carboxylic acids is 3. The Morgan fingerprint density at radius 1 is 1.47 bits per heavy atom. The molecule has 0 saturated carbocycles. The number of hydrogen-bond donors (Lipinski definition) is 1. The Kier molecular flexibility index (Phi) is 3.37. The summed E-state index contributed by atoms with van der Waals surface area (Å²) in [6, 6.07) is 0.857. The summed E-state index contributed by atoms with van der Waals surface area (Å²) in [4.78, 5) is 35.2. The van der Waals surface area contributed by atoms with Crippen molar-refractivity contribution in [3.05, 3.63) is 20.3 Å². The van der Waals surface area contributed by atoms with Gasteiger partial charge >= 0.3 is 6.03 Å². The normalized spacial score (nSPS) is 15.3. The summed E-state index contributed by atoms with van der Waals surface area (Å²) in [5, 5.41) is 2.32. The van der Waals surface area contributed by atoms with Gasteiger partial charge in [0.15, 0.2) is 5.78 Å². The molecule has 1 N–H and O–H groups in total. The van der Waals surface area contributed by atoms with Crippen LogP contribution in [-0.4, -0.2) is 35.7 Å². The Balaban J connectivity index is 2.14.